The molecule has 15 heavy (non-hydrogen) atoms. The fourth-order valence-electron chi connectivity index (χ4n) is 2.70. The van der Waals surface area contributed by atoms with Gasteiger partial charge in [-0.1, -0.05) is 25.7 Å². The molecule has 3 heteroatoms. The van der Waals surface area contributed by atoms with Crippen molar-refractivity contribution in [1.82, 2.24) is 4.90 Å². The molecule has 3 nitrogen and oxygen atoms in total. The van der Waals surface area contributed by atoms with Gasteiger partial charge in [-0.3, -0.25) is 9.59 Å². The van der Waals surface area contributed by atoms with E-state index in [-0.39, 0.29) is 11.7 Å². The summed E-state index contributed by atoms with van der Waals surface area (Å²) in [5, 5.41) is 0. The molecular weight excluding hydrogens is 190 g/mol. The van der Waals surface area contributed by atoms with Crippen molar-refractivity contribution >= 4 is 11.7 Å². The molecule has 0 aromatic heterocycles. The minimum absolute atomic E-state index is 0.198. The first-order valence-corrected chi connectivity index (χ1v) is 6.09. The SMILES string of the molecule is O=C1CCN(CCCC2CCCC2)C1=O. The van der Waals surface area contributed by atoms with Gasteiger partial charge in [0.25, 0.3) is 5.91 Å². The Kier molecular flexibility index (Phi) is 3.39. The second-order valence-corrected chi connectivity index (χ2v) is 4.76. The maximum absolute atomic E-state index is 11.3. The van der Waals surface area contributed by atoms with Gasteiger partial charge in [0.2, 0.25) is 5.78 Å². The summed E-state index contributed by atoms with van der Waals surface area (Å²) >= 11 is 0. The summed E-state index contributed by atoms with van der Waals surface area (Å²) in [7, 11) is 0. The van der Waals surface area contributed by atoms with Gasteiger partial charge in [0.15, 0.2) is 0 Å². The summed E-state index contributed by atoms with van der Waals surface area (Å²) in [6.07, 6.45) is 8.24. The van der Waals surface area contributed by atoms with Gasteiger partial charge in [0.05, 0.1) is 0 Å². The number of hydrogen-bond acceptors (Lipinski definition) is 2. The fraction of sp³-hybridized carbons (Fsp3) is 0.833. The number of Topliss-reactive ketones (excluding diaryl/α,β-unsaturated/α-hetero) is 1. The predicted molar refractivity (Wildman–Crippen MR) is 57.4 cm³/mol. The molecule has 1 aliphatic heterocycles. The van der Waals surface area contributed by atoms with E-state index in [1.165, 1.54) is 32.1 Å². The number of amides is 1. The quantitative estimate of drug-likeness (QED) is 0.662. The van der Waals surface area contributed by atoms with E-state index in [0.29, 0.717) is 13.0 Å². The van der Waals surface area contributed by atoms with E-state index in [1.807, 2.05) is 0 Å². The van der Waals surface area contributed by atoms with E-state index in [9.17, 15) is 9.59 Å². The van der Waals surface area contributed by atoms with Crippen LogP contribution in [0, 0.1) is 5.92 Å². The van der Waals surface area contributed by atoms with Gasteiger partial charge in [-0.05, 0) is 18.8 Å². The van der Waals surface area contributed by atoms with Crippen molar-refractivity contribution in [2.45, 2.75) is 44.9 Å². The highest BCUT2D eigenvalue weighted by atomic mass is 16.2. The van der Waals surface area contributed by atoms with Crippen LogP contribution in [-0.2, 0) is 9.59 Å². The van der Waals surface area contributed by atoms with Crippen LogP contribution in [0.2, 0.25) is 0 Å². The van der Waals surface area contributed by atoms with Crippen LogP contribution < -0.4 is 0 Å². The third-order valence-corrected chi connectivity index (χ3v) is 3.65. The molecule has 0 aromatic rings. The molecule has 1 amide bonds. The molecule has 0 aromatic carbocycles. The van der Waals surface area contributed by atoms with Crippen molar-refractivity contribution in [2.24, 2.45) is 5.92 Å². The predicted octanol–water partition coefficient (Wildman–Crippen LogP) is 1.76. The summed E-state index contributed by atoms with van der Waals surface area (Å²) < 4.78 is 0. The Morgan fingerprint density at radius 1 is 1.20 bits per heavy atom. The zero-order valence-electron chi connectivity index (χ0n) is 9.21. The number of rotatable bonds is 4. The first-order valence-electron chi connectivity index (χ1n) is 6.09. The lowest BCUT2D eigenvalue weighted by atomic mass is 10.0. The van der Waals surface area contributed by atoms with Crippen molar-refractivity contribution in [2.75, 3.05) is 13.1 Å². The number of carbonyl (C=O) groups is 2. The first kappa shape index (κ1) is 10.7. The maximum atomic E-state index is 11.3. The molecule has 1 saturated heterocycles. The van der Waals surface area contributed by atoms with Gasteiger partial charge in [-0.2, -0.15) is 0 Å². The third-order valence-electron chi connectivity index (χ3n) is 3.65. The monoisotopic (exact) mass is 209 g/mol. The number of hydrogen-bond donors (Lipinski definition) is 0. The lowest BCUT2D eigenvalue weighted by Gasteiger charge is -2.15. The van der Waals surface area contributed by atoms with E-state index >= 15 is 0 Å². The molecular formula is C12H19NO2. The molecule has 1 saturated carbocycles. The molecule has 1 heterocycles. The van der Waals surface area contributed by atoms with Gasteiger partial charge in [-0.15, -0.1) is 0 Å². The Bertz CT molecular complexity index is 256. The normalized spacial score (nSPS) is 23.1. The molecule has 0 unspecified atom stereocenters. The Hall–Kier alpha value is -0.860. The van der Waals surface area contributed by atoms with Crippen molar-refractivity contribution in [3.05, 3.63) is 0 Å². The van der Waals surface area contributed by atoms with Crippen molar-refractivity contribution in [1.29, 1.82) is 0 Å². The van der Waals surface area contributed by atoms with Crippen LogP contribution >= 0.6 is 0 Å². The average Bonchev–Trinajstić information content (AvgIpc) is 2.83. The van der Waals surface area contributed by atoms with Crippen LogP contribution in [-0.4, -0.2) is 29.7 Å². The third kappa shape index (κ3) is 2.58. The number of ketones is 1. The summed E-state index contributed by atoms with van der Waals surface area (Å²) in [6, 6.07) is 0. The van der Waals surface area contributed by atoms with Crippen molar-refractivity contribution in [3.63, 3.8) is 0 Å². The summed E-state index contributed by atoms with van der Waals surface area (Å²) in [4.78, 5) is 24.0. The highest BCUT2D eigenvalue weighted by Gasteiger charge is 2.28. The average molecular weight is 209 g/mol. The van der Waals surface area contributed by atoms with Gasteiger partial charge >= 0.3 is 0 Å². The van der Waals surface area contributed by atoms with Crippen LogP contribution in [0.5, 0.6) is 0 Å². The number of likely N-dealkylation sites (tertiary alicyclic amines) is 1. The van der Waals surface area contributed by atoms with Crippen LogP contribution in [0.4, 0.5) is 0 Å². The van der Waals surface area contributed by atoms with E-state index in [1.54, 1.807) is 4.90 Å². The van der Waals surface area contributed by atoms with E-state index in [4.69, 9.17) is 0 Å². The Morgan fingerprint density at radius 2 is 1.93 bits per heavy atom. The minimum atomic E-state index is -0.249. The highest BCUT2D eigenvalue weighted by Crippen LogP contribution is 2.28. The summed E-state index contributed by atoms with van der Waals surface area (Å²) in [5.74, 6) is 0.440. The van der Waals surface area contributed by atoms with Gasteiger partial charge < -0.3 is 4.90 Å². The molecule has 0 spiro atoms. The smallest absolute Gasteiger partial charge is 0.290 e. The summed E-state index contributed by atoms with van der Waals surface area (Å²) in [5.41, 5.74) is 0. The van der Waals surface area contributed by atoms with Gasteiger partial charge in [0.1, 0.15) is 0 Å². The van der Waals surface area contributed by atoms with Crippen LogP contribution in [0.1, 0.15) is 44.9 Å². The van der Waals surface area contributed by atoms with Gasteiger partial charge in [-0.25, -0.2) is 0 Å². The zero-order valence-corrected chi connectivity index (χ0v) is 9.21. The maximum Gasteiger partial charge on any atom is 0.290 e. The standard InChI is InChI=1S/C12H19NO2/c14-11-7-9-13(12(11)15)8-3-6-10-4-1-2-5-10/h10H,1-9H2. The molecule has 2 fully saturated rings. The minimum Gasteiger partial charge on any atom is -0.336 e. The Balaban J connectivity index is 1.65. The van der Waals surface area contributed by atoms with Crippen molar-refractivity contribution < 1.29 is 9.59 Å². The van der Waals surface area contributed by atoms with Crippen LogP contribution in [0.15, 0.2) is 0 Å². The summed E-state index contributed by atoms with van der Waals surface area (Å²) in [6.45, 7) is 1.45. The lowest BCUT2D eigenvalue weighted by Crippen LogP contribution is -2.28. The molecule has 2 aliphatic rings. The lowest BCUT2D eigenvalue weighted by molar-refractivity contribution is -0.140. The first-order chi connectivity index (χ1) is 7.27. The van der Waals surface area contributed by atoms with Gasteiger partial charge in [0, 0.05) is 19.5 Å². The largest absolute Gasteiger partial charge is 0.336 e. The van der Waals surface area contributed by atoms with Crippen LogP contribution in [0.3, 0.4) is 0 Å². The van der Waals surface area contributed by atoms with Crippen LogP contribution in [0.25, 0.3) is 0 Å². The Labute approximate surface area is 90.8 Å². The van der Waals surface area contributed by atoms with E-state index < -0.39 is 0 Å². The zero-order chi connectivity index (χ0) is 10.7. The van der Waals surface area contributed by atoms with E-state index in [0.717, 1.165) is 18.9 Å². The number of nitrogens with zero attached hydrogens (tertiary/aromatic N) is 1. The fourth-order valence-corrected chi connectivity index (χ4v) is 2.70. The molecule has 0 bridgehead atoms. The number of carbonyl (C=O) groups excluding carboxylic acids is 2. The molecule has 1 aliphatic carbocycles. The topological polar surface area (TPSA) is 37.4 Å². The highest BCUT2D eigenvalue weighted by molar-refractivity contribution is 6.37. The second-order valence-electron chi connectivity index (χ2n) is 4.76. The molecule has 2 rings (SSSR count). The second kappa shape index (κ2) is 4.77. The molecule has 0 N–H and O–H groups in total. The molecule has 84 valence electrons. The molecule has 0 atom stereocenters. The van der Waals surface area contributed by atoms with Crippen molar-refractivity contribution in [3.8, 4) is 0 Å². The molecule has 0 radical (unpaired) electrons. The van der Waals surface area contributed by atoms with E-state index in [2.05, 4.69) is 0 Å². The Morgan fingerprint density at radius 3 is 2.53 bits per heavy atom.